The summed E-state index contributed by atoms with van der Waals surface area (Å²) in [6.45, 7) is 0. The van der Waals surface area contributed by atoms with E-state index in [0.29, 0.717) is 0 Å². The SMILES string of the molecule is c1ccc(N(c2ccccc2)c2cc(N(c3ccccc3)c3ccc(-c4cccc5ccccc45)cc3)c3c4ccccc4n(-c4ccccc4)c3c2)cc1. The first-order valence-corrected chi connectivity index (χ1v) is 18.8. The molecule has 0 saturated heterocycles. The molecule has 10 rings (SSSR count). The number of anilines is 6. The van der Waals surface area contributed by atoms with Crippen molar-refractivity contribution < 1.29 is 0 Å². The van der Waals surface area contributed by atoms with Crippen LogP contribution in [0.4, 0.5) is 34.1 Å². The second-order valence-corrected chi connectivity index (χ2v) is 13.8. The van der Waals surface area contributed by atoms with Crippen LogP contribution in [-0.4, -0.2) is 4.57 Å². The Bertz CT molecular complexity index is 2860. The highest BCUT2D eigenvalue weighted by molar-refractivity contribution is 6.18. The van der Waals surface area contributed by atoms with Crippen LogP contribution in [0.3, 0.4) is 0 Å². The zero-order chi connectivity index (χ0) is 36.6. The first-order valence-electron chi connectivity index (χ1n) is 18.8. The van der Waals surface area contributed by atoms with E-state index in [1.807, 2.05) is 0 Å². The van der Waals surface area contributed by atoms with Gasteiger partial charge in [-0.2, -0.15) is 0 Å². The summed E-state index contributed by atoms with van der Waals surface area (Å²) >= 11 is 0. The van der Waals surface area contributed by atoms with Gasteiger partial charge in [-0.15, -0.1) is 0 Å². The Morgan fingerprint density at radius 3 is 1.49 bits per heavy atom. The maximum absolute atomic E-state index is 2.43. The molecule has 3 heteroatoms. The number of benzene rings is 9. The van der Waals surface area contributed by atoms with Gasteiger partial charge < -0.3 is 14.4 Å². The summed E-state index contributed by atoms with van der Waals surface area (Å²) in [5, 5.41) is 4.88. The smallest absolute Gasteiger partial charge is 0.0583 e. The molecule has 0 atom stereocenters. The van der Waals surface area contributed by atoms with Crippen LogP contribution >= 0.6 is 0 Å². The van der Waals surface area contributed by atoms with Gasteiger partial charge in [0.25, 0.3) is 0 Å². The molecule has 0 N–H and O–H groups in total. The fourth-order valence-corrected chi connectivity index (χ4v) is 8.09. The molecule has 1 aromatic heterocycles. The highest BCUT2D eigenvalue weighted by Gasteiger charge is 2.25. The number of hydrogen-bond donors (Lipinski definition) is 0. The Balaban J connectivity index is 1.28. The van der Waals surface area contributed by atoms with Gasteiger partial charge in [-0.3, -0.25) is 0 Å². The van der Waals surface area contributed by atoms with Crippen LogP contribution in [0.25, 0.3) is 49.4 Å². The Kier molecular flexibility index (Phi) is 8.16. The van der Waals surface area contributed by atoms with Gasteiger partial charge in [-0.1, -0.05) is 146 Å². The van der Waals surface area contributed by atoms with Crippen LogP contribution in [0.2, 0.25) is 0 Å². The topological polar surface area (TPSA) is 11.4 Å². The molecule has 0 fully saturated rings. The maximum Gasteiger partial charge on any atom is 0.0583 e. The molecule has 260 valence electrons. The molecule has 1 heterocycles. The van der Waals surface area contributed by atoms with Crippen LogP contribution in [0.15, 0.2) is 224 Å². The largest absolute Gasteiger partial charge is 0.310 e. The normalized spacial score (nSPS) is 11.3. The predicted molar refractivity (Wildman–Crippen MR) is 233 cm³/mol. The number of nitrogens with zero attached hydrogens (tertiary/aromatic N) is 3. The number of aromatic nitrogens is 1. The van der Waals surface area contributed by atoms with Gasteiger partial charge in [0.15, 0.2) is 0 Å². The fraction of sp³-hybridized carbons (Fsp3) is 0. The molecule has 3 nitrogen and oxygen atoms in total. The monoisotopic (exact) mass is 703 g/mol. The first-order chi connectivity index (χ1) is 27.3. The van der Waals surface area contributed by atoms with Crippen molar-refractivity contribution in [2.75, 3.05) is 9.80 Å². The standard InChI is InChI=1S/C52H37N3/c1-5-20-40(21-6-1)53(41-22-7-2-8-23-41)45-36-50(52-48-29-15-16-31-49(48)55(51(52)37-45)43-26-11-4-12-27-43)54(42-24-9-3-10-25-42)44-34-32-39(33-35-44)47-30-17-19-38-18-13-14-28-46(38)47/h1-37H. The van der Waals surface area contributed by atoms with E-state index in [-0.39, 0.29) is 0 Å². The minimum absolute atomic E-state index is 1.06. The van der Waals surface area contributed by atoms with E-state index in [1.165, 1.54) is 32.7 Å². The van der Waals surface area contributed by atoms with Gasteiger partial charge in [0.2, 0.25) is 0 Å². The van der Waals surface area contributed by atoms with Gasteiger partial charge >= 0.3 is 0 Å². The number of fused-ring (bicyclic) bond motifs is 4. The van der Waals surface area contributed by atoms with Crippen LogP contribution in [0.1, 0.15) is 0 Å². The molecule has 9 aromatic carbocycles. The van der Waals surface area contributed by atoms with E-state index in [9.17, 15) is 0 Å². The molecule has 10 aromatic rings. The second-order valence-electron chi connectivity index (χ2n) is 13.8. The molecule has 0 aliphatic carbocycles. The van der Waals surface area contributed by atoms with Crippen molar-refractivity contribution in [1.82, 2.24) is 4.57 Å². The van der Waals surface area contributed by atoms with Gasteiger partial charge in [-0.25, -0.2) is 0 Å². The fourth-order valence-electron chi connectivity index (χ4n) is 8.09. The van der Waals surface area contributed by atoms with Crippen molar-refractivity contribution in [2.24, 2.45) is 0 Å². The van der Waals surface area contributed by atoms with E-state index in [1.54, 1.807) is 0 Å². The zero-order valence-electron chi connectivity index (χ0n) is 30.2. The van der Waals surface area contributed by atoms with E-state index in [4.69, 9.17) is 0 Å². The van der Waals surface area contributed by atoms with Crippen molar-refractivity contribution in [3.05, 3.63) is 224 Å². The third-order valence-electron chi connectivity index (χ3n) is 10.5. The van der Waals surface area contributed by atoms with E-state index >= 15 is 0 Å². The van der Waals surface area contributed by atoms with Gasteiger partial charge in [0, 0.05) is 39.2 Å². The van der Waals surface area contributed by atoms with E-state index < -0.39 is 0 Å². The molecular formula is C52H37N3. The summed E-state index contributed by atoms with van der Waals surface area (Å²) in [6.07, 6.45) is 0. The summed E-state index contributed by atoms with van der Waals surface area (Å²) in [4.78, 5) is 4.79. The second kappa shape index (κ2) is 13.9. The van der Waals surface area contributed by atoms with Gasteiger partial charge in [0.1, 0.15) is 0 Å². The summed E-state index contributed by atoms with van der Waals surface area (Å²) in [5.41, 5.74) is 12.3. The lowest BCUT2D eigenvalue weighted by molar-refractivity contribution is 1.17. The Morgan fingerprint density at radius 1 is 0.327 bits per heavy atom. The molecule has 0 unspecified atom stereocenters. The van der Waals surface area contributed by atoms with Crippen LogP contribution in [-0.2, 0) is 0 Å². The van der Waals surface area contributed by atoms with Crippen molar-refractivity contribution in [2.45, 2.75) is 0 Å². The molecule has 0 saturated carbocycles. The minimum Gasteiger partial charge on any atom is -0.310 e. The zero-order valence-corrected chi connectivity index (χ0v) is 30.2. The summed E-state index contributed by atoms with van der Waals surface area (Å²) in [7, 11) is 0. The molecule has 0 amide bonds. The van der Waals surface area contributed by atoms with Crippen molar-refractivity contribution in [3.8, 4) is 16.8 Å². The highest BCUT2D eigenvalue weighted by Crippen LogP contribution is 2.48. The van der Waals surface area contributed by atoms with Crippen LogP contribution in [0, 0.1) is 0 Å². The van der Waals surface area contributed by atoms with E-state index in [0.717, 1.165) is 50.8 Å². The molecule has 0 bridgehead atoms. The summed E-state index contributed by atoms with van der Waals surface area (Å²) < 4.78 is 2.42. The Hall–Kier alpha value is -7.36. The summed E-state index contributed by atoms with van der Waals surface area (Å²) in [5.74, 6) is 0. The molecule has 55 heavy (non-hydrogen) atoms. The quantitative estimate of drug-likeness (QED) is 0.156. The lowest BCUT2D eigenvalue weighted by Gasteiger charge is -2.30. The number of rotatable bonds is 8. The van der Waals surface area contributed by atoms with Crippen LogP contribution < -0.4 is 9.80 Å². The molecular weight excluding hydrogens is 667 g/mol. The Morgan fingerprint density at radius 2 is 0.836 bits per heavy atom. The van der Waals surface area contributed by atoms with Crippen molar-refractivity contribution >= 4 is 66.7 Å². The van der Waals surface area contributed by atoms with Crippen LogP contribution in [0.5, 0.6) is 0 Å². The molecule has 0 aliphatic rings. The van der Waals surface area contributed by atoms with Crippen molar-refractivity contribution in [3.63, 3.8) is 0 Å². The maximum atomic E-state index is 2.43. The molecule has 0 aliphatic heterocycles. The first kappa shape index (κ1) is 32.3. The minimum atomic E-state index is 1.06. The number of para-hydroxylation sites is 5. The predicted octanol–water partition coefficient (Wildman–Crippen LogP) is 14.5. The van der Waals surface area contributed by atoms with Gasteiger partial charge in [0.05, 0.1) is 22.4 Å². The lowest BCUT2D eigenvalue weighted by Crippen LogP contribution is -2.14. The average molecular weight is 704 g/mol. The third-order valence-corrected chi connectivity index (χ3v) is 10.5. The lowest BCUT2D eigenvalue weighted by atomic mass is 9.98. The molecule has 0 spiro atoms. The summed E-state index contributed by atoms with van der Waals surface area (Å²) in [6, 6.07) is 80.6. The highest BCUT2D eigenvalue weighted by atomic mass is 15.2. The molecule has 0 radical (unpaired) electrons. The average Bonchev–Trinajstić information content (AvgIpc) is 3.60. The van der Waals surface area contributed by atoms with Gasteiger partial charge in [-0.05, 0) is 101 Å². The third kappa shape index (κ3) is 5.80. The number of hydrogen-bond acceptors (Lipinski definition) is 2. The Labute approximate surface area is 321 Å². The van der Waals surface area contributed by atoms with E-state index in [2.05, 4.69) is 239 Å². The van der Waals surface area contributed by atoms with Crippen molar-refractivity contribution in [1.29, 1.82) is 0 Å².